The lowest BCUT2D eigenvalue weighted by Gasteiger charge is -2.41. The van der Waals surface area contributed by atoms with Crippen LogP contribution in [0.15, 0.2) is 6.07 Å². The van der Waals surface area contributed by atoms with Gasteiger partial charge in [0.15, 0.2) is 0 Å². The molecule has 1 aromatic rings. The lowest BCUT2D eigenvalue weighted by atomic mass is 9.75. The molecule has 2 heterocycles. The number of aromatic nitrogens is 2. The summed E-state index contributed by atoms with van der Waals surface area (Å²) in [6.45, 7) is 2.69. The van der Waals surface area contributed by atoms with Crippen LogP contribution in [-0.2, 0) is 0 Å². The monoisotopic (exact) mass is 291 g/mol. The minimum absolute atomic E-state index is 0.0761. The number of nitrogen functional groups attached to an aromatic ring is 1. The van der Waals surface area contributed by atoms with E-state index in [-0.39, 0.29) is 6.61 Å². The molecular weight excluding hydrogens is 266 g/mol. The second kappa shape index (κ2) is 6.47. The number of nitrogens with one attached hydrogen (secondary N) is 1. The highest BCUT2D eigenvalue weighted by Crippen LogP contribution is 2.37. The van der Waals surface area contributed by atoms with Gasteiger partial charge in [0.2, 0.25) is 5.95 Å². The summed E-state index contributed by atoms with van der Waals surface area (Å²) in [6.07, 6.45) is 6.76. The number of rotatable bonds is 4. The first-order valence-electron chi connectivity index (χ1n) is 8.00. The number of hydrogen-bond acceptors (Lipinski definition) is 6. The summed E-state index contributed by atoms with van der Waals surface area (Å²) >= 11 is 0. The molecule has 1 saturated heterocycles. The molecule has 0 spiro atoms. The first-order chi connectivity index (χ1) is 10.3. The third-order valence-corrected chi connectivity index (χ3v) is 4.76. The molecule has 1 aliphatic carbocycles. The van der Waals surface area contributed by atoms with E-state index in [0.29, 0.717) is 18.3 Å². The molecule has 0 unspecified atom stereocenters. The highest BCUT2D eigenvalue weighted by atomic mass is 16.3. The molecule has 116 valence electrons. The Morgan fingerprint density at radius 3 is 2.86 bits per heavy atom. The number of piperidine rings is 1. The van der Waals surface area contributed by atoms with Gasteiger partial charge in [0.1, 0.15) is 11.6 Å². The molecule has 21 heavy (non-hydrogen) atoms. The molecule has 4 N–H and O–H groups in total. The fourth-order valence-electron chi connectivity index (χ4n) is 3.70. The Hall–Kier alpha value is -1.56. The predicted octanol–water partition coefficient (Wildman–Crippen LogP) is 1.48. The summed E-state index contributed by atoms with van der Waals surface area (Å²) in [6, 6.07) is 1.94. The minimum atomic E-state index is 0.0761. The van der Waals surface area contributed by atoms with Crippen LogP contribution >= 0.6 is 0 Å². The Labute approximate surface area is 125 Å². The van der Waals surface area contributed by atoms with Crippen LogP contribution in [0.1, 0.15) is 32.1 Å². The van der Waals surface area contributed by atoms with Gasteiger partial charge in [-0.2, -0.15) is 9.97 Å². The van der Waals surface area contributed by atoms with E-state index in [1.165, 1.54) is 32.1 Å². The molecule has 2 aliphatic rings. The number of aliphatic hydroxyl groups excluding tert-OH is 1. The van der Waals surface area contributed by atoms with Gasteiger partial charge in [-0.1, -0.05) is 19.3 Å². The summed E-state index contributed by atoms with van der Waals surface area (Å²) in [5.74, 6) is 3.60. The Kier molecular flexibility index (Phi) is 4.43. The molecule has 6 heteroatoms. The zero-order valence-electron chi connectivity index (χ0n) is 12.5. The van der Waals surface area contributed by atoms with Crippen LogP contribution in [0.25, 0.3) is 0 Å². The number of nitrogens with zero attached hydrogens (tertiary/aromatic N) is 3. The van der Waals surface area contributed by atoms with E-state index in [1.54, 1.807) is 0 Å². The number of nitrogens with two attached hydrogens (primary N) is 1. The maximum Gasteiger partial charge on any atom is 0.223 e. The summed E-state index contributed by atoms with van der Waals surface area (Å²) in [5, 5.41) is 12.0. The molecule has 0 bridgehead atoms. The summed E-state index contributed by atoms with van der Waals surface area (Å²) in [7, 11) is 0. The SMILES string of the molecule is Nc1nc(NCCO)cc(N2CC[C@@H]3CCCC[C@H]3C2)n1. The molecule has 6 nitrogen and oxygen atoms in total. The molecule has 1 aromatic heterocycles. The average Bonchev–Trinajstić information content (AvgIpc) is 2.52. The van der Waals surface area contributed by atoms with Crippen LogP contribution in [-0.4, -0.2) is 41.3 Å². The van der Waals surface area contributed by atoms with Gasteiger partial charge < -0.3 is 21.1 Å². The fourth-order valence-corrected chi connectivity index (χ4v) is 3.70. The van der Waals surface area contributed by atoms with Crippen LogP contribution in [0.3, 0.4) is 0 Å². The molecule has 1 aliphatic heterocycles. The van der Waals surface area contributed by atoms with Crippen molar-refractivity contribution in [2.75, 3.05) is 42.2 Å². The Balaban J connectivity index is 1.72. The maximum atomic E-state index is 8.90. The van der Waals surface area contributed by atoms with Crippen molar-refractivity contribution >= 4 is 17.6 Å². The minimum Gasteiger partial charge on any atom is -0.395 e. The normalized spacial score (nSPS) is 25.5. The van der Waals surface area contributed by atoms with Crippen LogP contribution in [0.4, 0.5) is 17.6 Å². The Morgan fingerprint density at radius 1 is 1.24 bits per heavy atom. The standard InChI is InChI=1S/C15H25N5O/c16-15-18-13(17-6-8-21)9-14(19-15)20-7-5-11-3-1-2-4-12(11)10-20/h9,11-12,21H,1-8,10H2,(H3,16,17,18,19)/t11-,12-/m0/s1. The summed E-state index contributed by atoms with van der Waals surface area (Å²) in [5.41, 5.74) is 5.82. The molecule has 1 saturated carbocycles. The van der Waals surface area contributed by atoms with Gasteiger partial charge in [0.05, 0.1) is 6.61 Å². The molecule has 2 atom stereocenters. The van der Waals surface area contributed by atoms with Crippen molar-refractivity contribution in [2.45, 2.75) is 32.1 Å². The largest absolute Gasteiger partial charge is 0.395 e. The zero-order chi connectivity index (χ0) is 14.7. The van der Waals surface area contributed by atoms with E-state index in [1.807, 2.05) is 6.07 Å². The van der Waals surface area contributed by atoms with Gasteiger partial charge in [0, 0.05) is 25.7 Å². The topological polar surface area (TPSA) is 87.3 Å². The van der Waals surface area contributed by atoms with Crippen molar-refractivity contribution < 1.29 is 5.11 Å². The van der Waals surface area contributed by atoms with Crippen LogP contribution in [0.2, 0.25) is 0 Å². The van der Waals surface area contributed by atoms with E-state index in [0.717, 1.165) is 30.7 Å². The van der Waals surface area contributed by atoms with Crippen molar-refractivity contribution in [2.24, 2.45) is 11.8 Å². The predicted molar refractivity (Wildman–Crippen MR) is 84.3 cm³/mol. The maximum absolute atomic E-state index is 8.90. The van der Waals surface area contributed by atoms with E-state index in [2.05, 4.69) is 20.2 Å². The van der Waals surface area contributed by atoms with Crippen molar-refractivity contribution in [3.8, 4) is 0 Å². The van der Waals surface area contributed by atoms with Crippen molar-refractivity contribution in [3.05, 3.63) is 6.07 Å². The average molecular weight is 291 g/mol. The molecule has 0 amide bonds. The molecule has 0 aromatic carbocycles. The van der Waals surface area contributed by atoms with Crippen molar-refractivity contribution in [1.82, 2.24) is 9.97 Å². The lowest BCUT2D eigenvalue weighted by Crippen LogP contribution is -2.42. The lowest BCUT2D eigenvalue weighted by molar-refractivity contribution is 0.202. The fraction of sp³-hybridized carbons (Fsp3) is 0.733. The van der Waals surface area contributed by atoms with Crippen LogP contribution in [0.5, 0.6) is 0 Å². The smallest absolute Gasteiger partial charge is 0.223 e. The summed E-state index contributed by atoms with van der Waals surface area (Å²) < 4.78 is 0. The van der Waals surface area contributed by atoms with Crippen molar-refractivity contribution in [1.29, 1.82) is 0 Å². The highest BCUT2D eigenvalue weighted by Gasteiger charge is 2.31. The van der Waals surface area contributed by atoms with Gasteiger partial charge in [-0.05, 0) is 24.7 Å². The van der Waals surface area contributed by atoms with Gasteiger partial charge in [-0.3, -0.25) is 0 Å². The van der Waals surface area contributed by atoms with E-state index in [9.17, 15) is 0 Å². The van der Waals surface area contributed by atoms with Gasteiger partial charge in [-0.25, -0.2) is 0 Å². The number of hydrogen-bond donors (Lipinski definition) is 3. The first-order valence-corrected chi connectivity index (χ1v) is 8.00. The number of fused-ring (bicyclic) bond motifs is 1. The van der Waals surface area contributed by atoms with Gasteiger partial charge >= 0.3 is 0 Å². The molecule has 3 rings (SSSR count). The van der Waals surface area contributed by atoms with Gasteiger partial charge in [-0.15, -0.1) is 0 Å². The number of anilines is 3. The molecular formula is C15H25N5O. The third kappa shape index (κ3) is 3.37. The third-order valence-electron chi connectivity index (χ3n) is 4.76. The van der Waals surface area contributed by atoms with E-state index in [4.69, 9.17) is 10.8 Å². The second-order valence-corrected chi connectivity index (χ2v) is 6.16. The van der Waals surface area contributed by atoms with Crippen molar-refractivity contribution in [3.63, 3.8) is 0 Å². The second-order valence-electron chi connectivity index (χ2n) is 6.16. The summed E-state index contributed by atoms with van der Waals surface area (Å²) in [4.78, 5) is 10.9. The molecule has 2 fully saturated rings. The Morgan fingerprint density at radius 2 is 2.05 bits per heavy atom. The molecule has 0 radical (unpaired) electrons. The first kappa shape index (κ1) is 14.4. The van der Waals surface area contributed by atoms with E-state index >= 15 is 0 Å². The van der Waals surface area contributed by atoms with Crippen LogP contribution in [0, 0.1) is 11.8 Å². The zero-order valence-corrected chi connectivity index (χ0v) is 12.5. The quantitative estimate of drug-likeness (QED) is 0.779. The number of aliphatic hydroxyl groups is 1. The highest BCUT2D eigenvalue weighted by molar-refractivity contribution is 5.53. The van der Waals surface area contributed by atoms with Crippen LogP contribution < -0.4 is 16.0 Å². The van der Waals surface area contributed by atoms with E-state index < -0.39 is 0 Å². The van der Waals surface area contributed by atoms with Gasteiger partial charge in [0.25, 0.3) is 0 Å². The Bertz CT molecular complexity index is 481.